The van der Waals surface area contributed by atoms with E-state index in [9.17, 15) is 25.2 Å². The number of aliphatic hydroxyl groups is 3. The summed E-state index contributed by atoms with van der Waals surface area (Å²) in [6.07, 6.45) is -3.67. The van der Waals surface area contributed by atoms with E-state index in [1.54, 1.807) is 6.92 Å². The first kappa shape index (κ1) is 18.0. The lowest BCUT2D eigenvalue weighted by Gasteiger charge is -2.21. The van der Waals surface area contributed by atoms with Gasteiger partial charge in [0.05, 0.1) is 6.10 Å². The van der Waals surface area contributed by atoms with Crippen LogP contribution in [0.1, 0.15) is 13.3 Å². The highest BCUT2D eigenvalue weighted by atomic mass is 16.6. The van der Waals surface area contributed by atoms with E-state index in [2.05, 4.69) is 0 Å². The van der Waals surface area contributed by atoms with Crippen molar-refractivity contribution in [3.8, 4) is 17.2 Å². The summed E-state index contributed by atoms with van der Waals surface area (Å²) < 4.78 is 9.72. The zero-order valence-corrected chi connectivity index (χ0v) is 12.0. The van der Waals surface area contributed by atoms with E-state index in [0.717, 1.165) is 6.07 Å². The lowest BCUT2D eigenvalue weighted by molar-refractivity contribution is -0.153. The quantitative estimate of drug-likeness (QED) is 0.320. The van der Waals surface area contributed by atoms with Crippen LogP contribution in [0.2, 0.25) is 0 Å². The molecule has 124 valence electrons. The maximum Gasteiger partial charge on any atom is 0.344 e. The molecule has 0 heterocycles. The van der Waals surface area contributed by atoms with E-state index >= 15 is 0 Å². The molecule has 0 spiro atoms. The second kappa shape index (κ2) is 8.42. The minimum Gasteiger partial charge on any atom is -0.504 e. The smallest absolute Gasteiger partial charge is 0.344 e. The minimum absolute atomic E-state index is 0.147. The summed E-state index contributed by atoms with van der Waals surface area (Å²) in [6, 6.07) is 3.67. The standard InChI is InChI=1S/C14H20O8/c1-2-9(15)14(20)12(18)6-22-13(19)7-21-8-3-4-10(16)11(17)5-8/h3-5,9,12,14-18,20H,2,6-7H2,1H3. The first-order chi connectivity index (χ1) is 10.3. The van der Waals surface area contributed by atoms with Gasteiger partial charge in [0.2, 0.25) is 0 Å². The number of carbonyl (C=O) groups excluding carboxylic acids is 1. The van der Waals surface area contributed by atoms with Crippen LogP contribution >= 0.6 is 0 Å². The lowest BCUT2D eigenvalue weighted by atomic mass is 10.1. The van der Waals surface area contributed by atoms with Crippen LogP contribution in [0, 0.1) is 0 Å². The molecule has 1 aromatic rings. The fourth-order valence-electron chi connectivity index (χ4n) is 1.55. The highest BCUT2D eigenvalue weighted by Crippen LogP contribution is 2.28. The summed E-state index contributed by atoms with van der Waals surface area (Å²) in [5.74, 6) is -1.36. The fourth-order valence-corrected chi connectivity index (χ4v) is 1.55. The van der Waals surface area contributed by atoms with Crippen molar-refractivity contribution >= 4 is 5.97 Å². The topological polar surface area (TPSA) is 137 Å². The van der Waals surface area contributed by atoms with Gasteiger partial charge in [0, 0.05) is 6.07 Å². The van der Waals surface area contributed by atoms with Gasteiger partial charge < -0.3 is 35.0 Å². The summed E-state index contributed by atoms with van der Waals surface area (Å²) in [5, 5.41) is 46.7. The molecule has 0 aliphatic heterocycles. The van der Waals surface area contributed by atoms with Crippen molar-refractivity contribution < 1.29 is 39.8 Å². The number of aliphatic hydroxyl groups excluding tert-OH is 3. The molecule has 1 aromatic carbocycles. The van der Waals surface area contributed by atoms with Crippen molar-refractivity contribution in [2.24, 2.45) is 0 Å². The van der Waals surface area contributed by atoms with Crippen LogP contribution < -0.4 is 4.74 Å². The Morgan fingerprint density at radius 2 is 1.82 bits per heavy atom. The Labute approximate surface area is 127 Å². The molecule has 0 aliphatic carbocycles. The van der Waals surface area contributed by atoms with Crippen LogP contribution in [0.3, 0.4) is 0 Å². The average Bonchev–Trinajstić information content (AvgIpc) is 2.52. The van der Waals surface area contributed by atoms with Crippen molar-refractivity contribution in [1.82, 2.24) is 0 Å². The van der Waals surface area contributed by atoms with Gasteiger partial charge in [0.25, 0.3) is 0 Å². The maximum atomic E-state index is 11.4. The van der Waals surface area contributed by atoms with Gasteiger partial charge in [-0.1, -0.05) is 6.92 Å². The minimum atomic E-state index is -1.41. The van der Waals surface area contributed by atoms with E-state index in [-0.39, 0.29) is 17.9 Å². The molecule has 0 amide bonds. The number of aromatic hydroxyl groups is 2. The molecule has 0 saturated carbocycles. The predicted molar refractivity (Wildman–Crippen MR) is 74.5 cm³/mol. The summed E-state index contributed by atoms with van der Waals surface area (Å²) >= 11 is 0. The highest BCUT2D eigenvalue weighted by molar-refractivity contribution is 5.71. The number of hydrogen-bond acceptors (Lipinski definition) is 8. The lowest BCUT2D eigenvalue weighted by Crippen LogP contribution is -2.40. The molecular formula is C14H20O8. The van der Waals surface area contributed by atoms with Crippen molar-refractivity contribution in [3.05, 3.63) is 18.2 Å². The SMILES string of the molecule is CCC(O)C(O)C(O)COC(=O)COc1ccc(O)c(O)c1. The van der Waals surface area contributed by atoms with E-state index < -0.39 is 43.2 Å². The first-order valence-corrected chi connectivity index (χ1v) is 6.69. The van der Waals surface area contributed by atoms with E-state index in [4.69, 9.17) is 14.6 Å². The van der Waals surface area contributed by atoms with Crippen LogP contribution in [0.25, 0.3) is 0 Å². The Morgan fingerprint density at radius 3 is 2.41 bits per heavy atom. The number of benzene rings is 1. The molecule has 3 atom stereocenters. The van der Waals surface area contributed by atoms with E-state index in [1.807, 2.05) is 0 Å². The monoisotopic (exact) mass is 316 g/mol. The Balaban J connectivity index is 2.35. The summed E-state index contributed by atoms with van der Waals surface area (Å²) in [6.45, 7) is 0.665. The van der Waals surface area contributed by atoms with Crippen LogP contribution in [0.5, 0.6) is 17.2 Å². The largest absolute Gasteiger partial charge is 0.504 e. The molecule has 8 heteroatoms. The summed E-state index contributed by atoms with van der Waals surface area (Å²) in [7, 11) is 0. The zero-order chi connectivity index (χ0) is 16.7. The Kier molecular flexibility index (Phi) is 6.90. The van der Waals surface area contributed by atoms with Crippen LogP contribution in [-0.4, -0.2) is 63.0 Å². The Bertz CT molecular complexity index is 490. The number of rotatable bonds is 8. The number of hydrogen-bond donors (Lipinski definition) is 5. The Morgan fingerprint density at radius 1 is 1.14 bits per heavy atom. The molecule has 0 saturated heterocycles. The third-order valence-corrected chi connectivity index (χ3v) is 2.93. The Hall–Kier alpha value is -2.03. The van der Waals surface area contributed by atoms with Gasteiger partial charge in [0.1, 0.15) is 24.6 Å². The van der Waals surface area contributed by atoms with Gasteiger partial charge in [0.15, 0.2) is 18.1 Å². The fraction of sp³-hybridized carbons (Fsp3) is 0.500. The van der Waals surface area contributed by atoms with Gasteiger partial charge in [-0.25, -0.2) is 4.79 Å². The van der Waals surface area contributed by atoms with Crippen molar-refractivity contribution in [2.45, 2.75) is 31.7 Å². The summed E-state index contributed by atoms with van der Waals surface area (Å²) in [4.78, 5) is 11.4. The molecule has 0 radical (unpaired) electrons. The number of carbonyl (C=O) groups is 1. The molecule has 5 N–H and O–H groups in total. The molecule has 0 fully saturated rings. The van der Waals surface area contributed by atoms with Gasteiger partial charge in [-0.05, 0) is 18.6 Å². The molecule has 1 rings (SSSR count). The number of ether oxygens (including phenoxy) is 2. The van der Waals surface area contributed by atoms with Crippen molar-refractivity contribution in [2.75, 3.05) is 13.2 Å². The van der Waals surface area contributed by atoms with Crippen LogP contribution in [0.15, 0.2) is 18.2 Å². The zero-order valence-electron chi connectivity index (χ0n) is 12.0. The van der Waals surface area contributed by atoms with Crippen LogP contribution in [-0.2, 0) is 9.53 Å². The normalized spacial score (nSPS) is 14.9. The van der Waals surface area contributed by atoms with Crippen molar-refractivity contribution in [3.63, 3.8) is 0 Å². The molecule has 8 nitrogen and oxygen atoms in total. The van der Waals surface area contributed by atoms with Gasteiger partial charge in [-0.3, -0.25) is 0 Å². The summed E-state index contributed by atoms with van der Waals surface area (Å²) in [5.41, 5.74) is 0. The van der Waals surface area contributed by atoms with E-state index in [1.165, 1.54) is 12.1 Å². The molecular weight excluding hydrogens is 296 g/mol. The van der Waals surface area contributed by atoms with Gasteiger partial charge in [-0.2, -0.15) is 0 Å². The molecule has 0 aliphatic rings. The molecule has 3 unspecified atom stereocenters. The average molecular weight is 316 g/mol. The second-order valence-electron chi connectivity index (χ2n) is 4.66. The van der Waals surface area contributed by atoms with E-state index in [0.29, 0.717) is 0 Å². The number of phenolic OH excluding ortho intramolecular Hbond substituents is 2. The molecule has 22 heavy (non-hydrogen) atoms. The number of phenols is 2. The van der Waals surface area contributed by atoms with Crippen LogP contribution in [0.4, 0.5) is 0 Å². The maximum absolute atomic E-state index is 11.4. The predicted octanol–water partition coefficient (Wildman–Crippen LogP) is -0.487. The van der Waals surface area contributed by atoms with Crippen molar-refractivity contribution in [1.29, 1.82) is 0 Å². The number of esters is 1. The third-order valence-electron chi connectivity index (χ3n) is 2.93. The molecule has 0 bridgehead atoms. The van der Waals surface area contributed by atoms with Gasteiger partial charge in [-0.15, -0.1) is 0 Å². The first-order valence-electron chi connectivity index (χ1n) is 6.69. The second-order valence-corrected chi connectivity index (χ2v) is 4.66. The highest BCUT2D eigenvalue weighted by Gasteiger charge is 2.24. The third kappa shape index (κ3) is 5.40. The molecule has 0 aromatic heterocycles. The van der Waals surface area contributed by atoms with Gasteiger partial charge >= 0.3 is 5.97 Å².